The molecule has 0 saturated carbocycles. The molecule has 1 N–H and O–H groups in total. The van der Waals surface area contributed by atoms with Gasteiger partial charge in [0, 0.05) is 34.3 Å². The molecule has 1 aromatic rings. The van der Waals surface area contributed by atoms with Gasteiger partial charge in [-0.1, -0.05) is 23.3 Å². The number of rotatable bonds is 7. The van der Waals surface area contributed by atoms with Crippen molar-refractivity contribution in [1.29, 1.82) is 0 Å². The van der Waals surface area contributed by atoms with Crippen molar-refractivity contribution < 1.29 is 28.9 Å². The molecule has 1 heterocycles. The van der Waals surface area contributed by atoms with Crippen molar-refractivity contribution in [2.24, 2.45) is 5.92 Å². The second-order valence-electron chi connectivity index (χ2n) is 8.87. The van der Waals surface area contributed by atoms with E-state index in [1.807, 2.05) is 39.8 Å². The average Bonchev–Trinajstić information content (AvgIpc) is 2.78. The number of fused-ring (bicyclic) bond motifs is 1. The molecule has 6 nitrogen and oxygen atoms in total. The molecular formula is C27H32O6. The fraction of sp³-hybridized carbons (Fsp3) is 0.407. The van der Waals surface area contributed by atoms with E-state index in [4.69, 9.17) is 14.2 Å². The van der Waals surface area contributed by atoms with Gasteiger partial charge < -0.3 is 19.3 Å². The van der Waals surface area contributed by atoms with Crippen molar-refractivity contribution in [3.8, 4) is 17.2 Å². The van der Waals surface area contributed by atoms with E-state index in [9.17, 15) is 14.7 Å². The summed E-state index contributed by atoms with van der Waals surface area (Å²) in [4.78, 5) is 24.8. The first-order valence-electron chi connectivity index (χ1n) is 11.1. The van der Waals surface area contributed by atoms with Gasteiger partial charge in [0.2, 0.25) is 11.6 Å². The van der Waals surface area contributed by atoms with Crippen molar-refractivity contribution in [2.75, 3.05) is 20.8 Å². The van der Waals surface area contributed by atoms with E-state index in [0.29, 0.717) is 35.7 Å². The number of allylic oxidation sites excluding steroid dienone is 7. The average molecular weight is 453 g/mol. The highest BCUT2D eigenvalue weighted by Gasteiger charge is 2.35. The molecule has 1 aliphatic carbocycles. The van der Waals surface area contributed by atoms with Gasteiger partial charge in [-0.15, -0.1) is 0 Å². The molecule has 33 heavy (non-hydrogen) atoms. The number of ketones is 2. The van der Waals surface area contributed by atoms with E-state index >= 15 is 0 Å². The fourth-order valence-corrected chi connectivity index (χ4v) is 4.16. The van der Waals surface area contributed by atoms with Gasteiger partial charge in [-0.25, -0.2) is 0 Å². The summed E-state index contributed by atoms with van der Waals surface area (Å²) in [7, 11) is 3.23. The number of benzene rings is 1. The minimum atomic E-state index is -0.655. The minimum Gasteiger partial charge on any atom is -0.507 e. The SMILES string of the molecule is COc1cc2c(c(OC)c1CC=C(C)C)CC(C1=CC(=O)C(=O)C(CC=C(C)C)=C1O)CO2. The lowest BCUT2D eigenvalue weighted by Crippen LogP contribution is -2.29. The maximum atomic E-state index is 12.4. The summed E-state index contributed by atoms with van der Waals surface area (Å²) in [6.45, 7) is 8.14. The maximum Gasteiger partial charge on any atom is 0.232 e. The molecule has 6 heteroatoms. The van der Waals surface area contributed by atoms with E-state index in [1.165, 1.54) is 11.6 Å². The monoisotopic (exact) mass is 452 g/mol. The number of carbonyl (C=O) groups is 2. The van der Waals surface area contributed by atoms with Gasteiger partial charge in [-0.05, 0) is 53.0 Å². The Morgan fingerprint density at radius 3 is 2.36 bits per heavy atom. The van der Waals surface area contributed by atoms with E-state index < -0.39 is 11.6 Å². The van der Waals surface area contributed by atoms with Crippen molar-refractivity contribution in [1.82, 2.24) is 0 Å². The highest BCUT2D eigenvalue weighted by molar-refractivity contribution is 6.48. The zero-order valence-corrected chi connectivity index (χ0v) is 20.2. The molecule has 0 aromatic heterocycles. The van der Waals surface area contributed by atoms with Crippen LogP contribution in [0.4, 0.5) is 0 Å². The number of aliphatic hydroxyl groups excluding tert-OH is 1. The number of aliphatic hydroxyl groups is 1. The highest BCUT2D eigenvalue weighted by atomic mass is 16.5. The van der Waals surface area contributed by atoms with Crippen molar-refractivity contribution in [3.05, 3.63) is 63.5 Å². The topological polar surface area (TPSA) is 82.1 Å². The van der Waals surface area contributed by atoms with Gasteiger partial charge in [-0.2, -0.15) is 0 Å². The zero-order chi connectivity index (χ0) is 24.3. The van der Waals surface area contributed by atoms with Crippen LogP contribution in [0.25, 0.3) is 0 Å². The molecule has 0 amide bonds. The molecule has 1 aromatic carbocycles. The van der Waals surface area contributed by atoms with Crippen LogP contribution in [0, 0.1) is 5.92 Å². The molecule has 176 valence electrons. The van der Waals surface area contributed by atoms with Gasteiger partial charge in [0.15, 0.2) is 0 Å². The van der Waals surface area contributed by atoms with Crippen LogP contribution in [0.3, 0.4) is 0 Å². The van der Waals surface area contributed by atoms with Crippen LogP contribution in [0.15, 0.2) is 52.3 Å². The number of carbonyl (C=O) groups excluding carboxylic acids is 2. The van der Waals surface area contributed by atoms with Gasteiger partial charge >= 0.3 is 0 Å². The number of hydrogen-bond donors (Lipinski definition) is 1. The second-order valence-corrected chi connectivity index (χ2v) is 8.87. The van der Waals surface area contributed by atoms with Crippen LogP contribution >= 0.6 is 0 Å². The first-order valence-corrected chi connectivity index (χ1v) is 11.1. The van der Waals surface area contributed by atoms with Crippen molar-refractivity contribution in [2.45, 2.75) is 47.0 Å². The largest absolute Gasteiger partial charge is 0.507 e. The van der Waals surface area contributed by atoms with Crippen LogP contribution in [0.1, 0.15) is 45.2 Å². The quantitative estimate of drug-likeness (QED) is 0.356. The van der Waals surface area contributed by atoms with Crippen LogP contribution < -0.4 is 14.2 Å². The Morgan fingerprint density at radius 2 is 1.76 bits per heavy atom. The summed E-state index contributed by atoms with van der Waals surface area (Å²) in [5.41, 5.74) is 4.53. The predicted molar refractivity (Wildman–Crippen MR) is 127 cm³/mol. The molecule has 0 fully saturated rings. The van der Waals surface area contributed by atoms with E-state index in [2.05, 4.69) is 6.08 Å². The van der Waals surface area contributed by atoms with Crippen LogP contribution in [-0.2, 0) is 22.4 Å². The lowest BCUT2D eigenvalue weighted by atomic mass is 9.82. The molecule has 3 rings (SSSR count). The fourth-order valence-electron chi connectivity index (χ4n) is 4.16. The summed E-state index contributed by atoms with van der Waals surface area (Å²) in [6.07, 6.45) is 6.54. The molecule has 2 aliphatic rings. The lowest BCUT2D eigenvalue weighted by Gasteiger charge is -2.31. The van der Waals surface area contributed by atoms with Gasteiger partial charge in [-0.3, -0.25) is 9.59 Å². The molecule has 0 spiro atoms. The third-order valence-corrected chi connectivity index (χ3v) is 5.93. The van der Waals surface area contributed by atoms with E-state index in [0.717, 1.165) is 16.7 Å². The first kappa shape index (κ1) is 24.4. The Balaban J connectivity index is 2.03. The molecule has 1 aliphatic heterocycles. The predicted octanol–water partition coefficient (Wildman–Crippen LogP) is 5.01. The number of Topliss-reactive ketones (excluding diaryl/α,β-unsaturated/α-hetero) is 1. The Kier molecular flexibility index (Phi) is 7.46. The number of ether oxygens (including phenoxy) is 3. The molecule has 0 radical (unpaired) electrons. The van der Waals surface area contributed by atoms with Gasteiger partial charge in [0.05, 0.1) is 20.8 Å². The Bertz CT molecular complexity index is 1090. The minimum absolute atomic E-state index is 0.119. The highest BCUT2D eigenvalue weighted by Crippen LogP contribution is 2.45. The summed E-state index contributed by atoms with van der Waals surface area (Å²) < 4.78 is 17.4. The normalized spacial score (nSPS) is 17.6. The Hall–Kier alpha value is -3.28. The third kappa shape index (κ3) is 5.05. The number of methoxy groups -OCH3 is 2. The molecule has 0 saturated heterocycles. The van der Waals surface area contributed by atoms with Crippen LogP contribution in [-0.4, -0.2) is 37.5 Å². The standard InChI is InChI=1S/C27H32O6/c1-15(2)7-9-18-23(31-5)13-24-21(27(18)32-6)11-17(14-33-24)20-12-22(28)26(30)19(25(20)29)10-8-16(3)4/h7-8,12-13,17,29H,9-11,14H2,1-6H3. The van der Waals surface area contributed by atoms with Gasteiger partial charge in [0.25, 0.3) is 0 Å². The van der Waals surface area contributed by atoms with Crippen LogP contribution in [0.5, 0.6) is 17.2 Å². The maximum absolute atomic E-state index is 12.4. The van der Waals surface area contributed by atoms with Gasteiger partial charge in [0.1, 0.15) is 23.0 Å². The Labute approximate surface area is 195 Å². The lowest BCUT2D eigenvalue weighted by molar-refractivity contribution is -0.132. The third-order valence-electron chi connectivity index (χ3n) is 5.93. The molecule has 1 unspecified atom stereocenters. The molecule has 1 atom stereocenters. The number of hydrogen-bond acceptors (Lipinski definition) is 6. The summed E-state index contributed by atoms with van der Waals surface area (Å²) in [6, 6.07) is 1.86. The van der Waals surface area contributed by atoms with Crippen LogP contribution in [0.2, 0.25) is 0 Å². The summed E-state index contributed by atoms with van der Waals surface area (Å²) in [5, 5.41) is 10.9. The Morgan fingerprint density at radius 1 is 1.09 bits per heavy atom. The zero-order valence-electron chi connectivity index (χ0n) is 20.2. The summed E-state index contributed by atoms with van der Waals surface area (Å²) in [5.74, 6) is 0.340. The first-order chi connectivity index (χ1) is 15.7. The summed E-state index contributed by atoms with van der Waals surface area (Å²) >= 11 is 0. The molecule has 0 bridgehead atoms. The van der Waals surface area contributed by atoms with Crippen molar-refractivity contribution in [3.63, 3.8) is 0 Å². The van der Waals surface area contributed by atoms with E-state index in [-0.39, 0.29) is 30.3 Å². The van der Waals surface area contributed by atoms with E-state index in [1.54, 1.807) is 14.2 Å². The second kappa shape index (κ2) is 10.1. The molecular weight excluding hydrogens is 420 g/mol. The smallest absolute Gasteiger partial charge is 0.232 e. The van der Waals surface area contributed by atoms with Crippen molar-refractivity contribution >= 4 is 11.6 Å².